The van der Waals surface area contributed by atoms with Crippen LogP contribution in [0, 0.1) is 16.3 Å². The highest BCUT2D eigenvalue weighted by Crippen LogP contribution is 2.22. The van der Waals surface area contributed by atoms with E-state index >= 15 is 0 Å². The van der Waals surface area contributed by atoms with Gasteiger partial charge in [0.05, 0.1) is 11.3 Å². The van der Waals surface area contributed by atoms with Crippen molar-refractivity contribution < 1.29 is 9.18 Å². The molecule has 1 amide bonds. The van der Waals surface area contributed by atoms with Gasteiger partial charge in [0.25, 0.3) is 5.91 Å². The summed E-state index contributed by atoms with van der Waals surface area (Å²) in [5, 5.41) is 6.00. The topological polar surface area (TPSA) is 41.1 Å². The number of hydrogen-bond donors (Lipinski definition) is 2. The molecule has 110 valence electrons. The minimum Gasteiger partial charge on any atom is -0.385 e. The number of nitrogens with one attached hydrogen (secondary N) is 2. The molecule has 2 N–H and O–H groups in total. The molecule has 0 atom stereocenters. The first kappa shape index (κ1) is 15.8. The summed E-state index contributed by atoms with van der Waals surface area (Å²) in [7, 11) is 0. The van der Waals surface area contributed by atoms with E-state index in [1.165, 1.54) is 12.1 Å². The van der Waals surface area contributed by atoms with E-state index in [1.807, 2.05) is 48.6 Å². The van der Waals surface area contributed by atoms with Gasteiger partial charge in [0, 0.05) is 15.8 Å². The van der Waals surface area contributed by atoms with Gasteiger partial charge >= 0.3 is 0 Å². The van der Waals surface area contributed by atoms with Gasteiger partial charge in [-0.2, -0.15) is 0 Å². The first-order valence-electron chi connectivity index (χ1n) is 6.62. The molecule has 0 radical (unpaired) electrons. The molecule has 0 aliphatic carbocycles. The smallest absolute Gasteiger partial charge is 0.257 e. The summed E-state index contributed by atoms with van der Waals surface area (Å²) in [6.07, 6.45) is 0. The molecule has 0 heterocycles. The number of aryl methyl sites for hydroxylation is 1. The molecule has 0 aliphatic rings. The maximum Gasteiger partial charge on any atom is 0.257 e. The molecule has 0 saturated heterocycles. The molecule has 21 heavy (non-hydrogen) atoms. The van der Waals surface area contributed by atoms with Crippen molar-refractivity contribution >= 4 is 39.9 Å². The SMILES string of the molecule is CCNc1cc(C)ccc1C(=O)Nc1ccc(F)cc1I. The van der Waals surface area contributed by atoms with Gasteiger partial charge in [-0.05, 0) is 72.3 Å². The molecule has 0 aromatic heterocycles. The lowest BCUT2D eigenvalue weighted by Gasteiger charge is -2.13. The Balaban J connectivity index is 2.28. The lowest BCUT2D eigenvalue weighted by atomic mass is 10.1. The van der Waals surface area contributed by atoms with Crippen LogP contribution in [0.1, 0.15) is 22.8 Å². The van der Waals surface area contributed by atoms with Crippen molar-refractivity contribution in [3.05, 3.63) is 56.9 Å². The monoisotopic (exact) mass is 398 g/mol. The molecule has 0 aliphatic heterocycles. The average Bonchev–Trinajstić information content (AvgIpc) is 2.42. The number of hydrogen-bond acceptors (Lipinski definition) is 2. The van der Waals surface area contributed by atoms with Crippen molar-refractivity contribution in [2.24, 2.45) is 0 Å². The maximum absolute atomic E-state index is 13.1. The highest BCUT2D eigenvalue weighted by atomic mass is 127. The lowest BCUT2D eigenvalue weighted by Crippen LogP contribution is -2.15. The second-order valence-corrected chi connectivity index (χ2v) is 5.82. The average molecular weight is 398 g/mol. The number of carbonyl (C=O) groups is 1. The number of halogens is 2. The number of amides is 1. The Bertz CT molecular complexity index is 673. The fourth-order valence-electron chi connectivity index (χ4n) is 1.97. The van der Waals surface area contributed by atoms with Gasteiger partial charge in [-0.25, -0.2) is 4.39 Å². The number of rotatable bonds is 4. The van der Waals surface area contributed by atoms with Gasteiger partial charge in [-0.15, -0.1) is 0 Å². The van der Waals surface area contributed by atoms with Crippen molar-refractivity contribution in [3.63, 3.8) is 0 Å². The summed E-state index contributed by atoms with van der Waals surface area (Å²) in [6, 6.07) is 9.91. The van der Waals surface area contributed by atoms with E-state index in [2.05, 4.69) is 10.6 Å². The minimum absolute atomic E-state index is 0.213. The first-order chi connectivity index (χ1) is 10.0. The minimum atomic E-state index is -0.318. The molecule has 2 aromatic rings. The maximum atomic E-state index is 13.1. The molecule has 0 saturated carbocycles. The molecule has 0 bridgehead atoms. The second kappa shape index (κ2) is 6.89. The summed E-state index contributed by atoms with van der Waals surface area (Å²) < 4.78 is 13.8. The third-order valence-electron chi connectivity index (χ3n) is 2.97. The van der Waals surface area contributed by atoms with Gasteiger partial charge in [0.1, 0.15) is 5.82 Å². The Morgan fingerprint density at radius 3 is 2.62 bits per heavy atom. The molecule has 0 unspecified atom stereocenters. The van der Waals surface area contributed by atoms with E-state index < -0.39 is 0 Å². The van der Waals surface area contributed by atoms with Crippen molar-refractivity contribution in [1.82, 2.24) is 0 Å². The molecule has 0 fully saturated rings. The van der Waals surface area contributed by atoms with Crippen LogP contribution in [0.15, 0.2) is 36.4 Å². The number of anilines is 2. The summed E-state index contributed by atoms with van der Waals surface area (Å²) in [5.74, 6) is -0.531. The van der Waals surface area contributed by atoms with Crippen LogP contribution in [0.25, 0.3) is 0 Å². The van der Waals surface area contributed by atoms with E-state index in [0.29, 0.717) is 14.8 Å². The summed E-state index contributed by atoms with van der Waals surface area (Å²) >= 11 is 2.00. The first-order valence-corrected chi connectivity index (χ1v) is 7.70. The van der Waals surface area contributed by atoms with Crippen LogP contribution in [0.3, 0.4) is 0 Å². The van der Waals surface area contributed by atoms with Crippen LogP contribution in [0.5, 0.6) is 0 Å². The second-order valence-electron chi connectivity index (χ2n) is 4.66. The number of carbonyl (C=O) groups excluding carboxylic acids is 1. The Hall–Kier alpha value is -1.63. The van der Waals surface area contributed by atoms with E-state index in [1.54, 1.807) is 12.1 Å². The molecular weight excluding hydrogens is 382 g/mol. The lowest BCUT2D eigenvalue weighted by molar-refractivity contribution is 0.102. The Kier molecular flexibility index (Phi) is 5.17. The van der Waals surface area contributed by atoms with Gasteiger partial charge in [0.2, 0.25) is 0 Å². The molecule has 2 rings (SSSR count). The Morgan fingerprint density at radius 2 is 1.95 bits per heavy atom. The summed E-state index contributed by atoms with van der Waals surface area (Å²) in [6.45, 7) is 4.69. The summed E-state index contributed by atoms with van der Waals surface area (Å²) in [5.41, 5.74) is 3.05. The zero-order valence-corrected chi connectivity index (χ0v) is 14.0. The fourth-order valence-corrected chi connectivity index (χ4v) is 2.59. The van der Waals surface area contributed by atoms with Crippen molar-refractivity contribution in [2.75, 3.05) is 17.2 Å². The van der Waals surface area contributed by atoms with Crippen molar-refractivity contribution in [3.8, 4) is 0 Å². The third-order valence-corrected chi connectivity index (χ3v) is 3.86. The molecule has 0 spiro atoms. The highest BCUT2D eigenvalue weighted by Gasteiger charge is 2.13. The predicted octanol–water partition coefficient (Wildman–Crippen LogP) is 4.42. The largest absolute Gasteiger partial charge is 0.385 e. The molecule has 3 nitrogen and oxygen atoms in total. The molecular formula is C16H16FIN2O. The van der Waals surface area contributed by atoms with Gasteiger partial charge in [-0.1, -0.05) is 6.07 Å². The van der Waals surface area contributed by atoms with Crippen LogP contribution in [0.2, 0.25) is 0 Å². The Morgan fingerprint density at radius 1 is 1.19 bits per heavy atom. The summed E-state index contributed by atoms with van der Waals surface area (Å²) in [4.78, 5) is 12.4. The highest BCUT2D eigenvalue weighted by molar-refractivity contribution is 14.1. The van der Waals surface area contributed by atoms with Gasteiger partial charge in [0.15, 0.2) is 0 Å². The van der Waals surface area contributed by atoms with E-state index in [9.17, 15) is 9.18 Å². The van der Waals surface area contributed by atoms with Crippen molar-refractivity contribution in [2.45, 2.75) is 13.8 Å². The van der Waals surface area contributed by atoms with Gasteiger partial charge in [-0.3, -0.25) is 4.79 Å². The standard InChI is InChI=1S/C16H16FIN2O/c1-3-19-15-8-10(2)4-6-12(15)16(21)20-14-7-5-11(17)9-13(14)18/h4-9,19H,3H2,1-2H3,(H,20,21). The van der Waals surface area contributed by atoms with Crippen LogP contribution >= 0.6 is 22.6 Å². The molecule has 2 aromatic carbocycles. The zero-order chi connectivity index (χ0) is 15.4. The normalized spacial score (nSPS) is 10.3. The van der Waals surface area contributed by atoms with Crippen molar-refractivity contribution in [1.29, 1.82) is 0 Å². The fraction of sp³-hybridized carbons (Fsp3) is 0.188. The van der Waals surface area contributed by atoms with Crippen LogP contribution in [-0.4, -0.2) is 12.5 Å². The molecule has 5 heteroatoms. The van der Waals surface area contributed by atoms with Crippen LogP contribution in [-0.2, 0) is 0 Å². The Labute approximate surface area is 137 Å². The van der Waals surface area contributed by atoms with E-state index in [-0.39, 0.29) is 11.7 Å². The van der Waals surface area contributed by atoms with E-state index in [0.717, 1.165) is 17.8 Å². The quantitative estimate of drug-likeness (QED) is 0.749. The van der Waals surface area contributed by atoms with Crippen LogP contribution < -0.4 is 10.6 Å². The third kappa shape index (κ3) is 3.93. The van der Waals surface area contributed by atoms with Gasteiger partial charge < -0.3 is 10.6 Å². The number of benzene rings is 2. The predicted molar refractivity (Wildman–Crippen MR) is 92.4 cm³/mol. The van der Waals surface area contributed by atoms with E-state index in [4.69, 9.17) is 0 Å². The zero-order valence-electron chi connectivity index (χ0n) is 11.8. The van der Waals surface area contributed by atoms with Crippen LogP contribution in [0.4, 0.5) is 15.8 Å².